The van der Waals surface area contributed by atoms with E-state index in [-0.39, 0.29) is 12.5 Å². The molecule has 3 rings (SSSR count). The van der Waals surface area contributed by atoms with Gasteiger partial charge in [0.05, 0.1) is 19.4 Å². The molecule has 0 aromatic heterocycles. The van der Waals surface area contributed by atoms with Crippen LogP contribution in [0.3, 0.4) is 0 Å². The standard InChI is InChI=1S/C27H27BrClN3O5/c1-4-35-24-10-7-18(13-25(24)36-5-2)27(34)32-30-15-19-12-20(28)8-11-23(19)37-16-26(33)31-21-9-6-17(3)22(29)14-21/h6-15H,4-5,16H2,1-3H3,(H,31,33)(H,32,34)/b30-15+. The van der Waals surface area contributed by atoms with E-state index >= 15 is 0 Å². The zero-order valence-electron chi connectivity index (χ0n) is 20.6. The first kappa shape index (κ1) is 28.0. The normalized spacial score (nSPS) is 10.7. The number of amides is 2. The molecule has 10 heteroatoms. The summed E-state index contributed by atoms with van der Waals surface area (Å²) in [7, 11) is 0. The molecule has 0 radical (unpaired) electrons. The van der Waals surface area contributed by atoms with E-state index in [4.69, 9.17) is 25.8 Å². The molecule has 2 N–H and O–H groups in total. The predicted molar refractivity (Wildman–Crippen MR) is 148 cm³/mol. The van der Waals surface area contributed by atoms with Crippen molar-refractivity contribution in [2.75, 3.05) is 25.1 Å². The molecule has 0 heterocycles. The van der Waals surface area contributed by atoms with E-state index in [1.165, 1.54) is 6.21 Å². The number of benzene rings is 3. The molecule has 3 aromatic rings. The monoisotopic (exact) mass is 587 g/mol. The summed E-state index contributed by atoms with van der Waals surface area (Å²) >= 11 is 9.52. The maximum absolute atomic E-state index is 12.6. The summed E-state index contributed by atoms with van der Waals surface area (Å²) in [6.07, 6.45) is 1.44. The van der Waals surface area contributed by atoms with Crippen LogP contribution in [0.1, 0.15) is 35.3 Å². The Morgan fingerprint density at radius 2 is 1.68 bits per heavy atom. The maximum atomic E-state index is 12.6. The van der Waals surface area contributed by atoms with E-state index in [0.717, 1.165) is 10.0 Å². The lowest BCUT2D eigenvalue weighted by Gasteiger charge is -2.12. The first-order valence-electron chi connectivity index (χ1n) is 11.5. The minimum Gasteiger partial charge on any atom is -0.490 e. The molecule has 0 fully saturated rings. The largest absolute Gasteiger partial charge is 0.490 e. The van der Waals surface area contributed by atoms with Crippen LogP contribution in [0, 0.1) is 6.92 Å². The first-order valence-corrected chi connectivity index (χ1v) is 12.7. The van der Waals surface area contributed by atoms with Crippen LogP contribution in [-0.2, 0) is 4.79 Å². The molecule has 3 aromatic carbocycles. The summed E-state index contributed by atoms with van der Waals surface area (Å²) in [6.45, 7) is 6.29. The molecule has 0 aliphatic heterocycles. The zero-order chi connectivity index (χ0) is 26.8. The summed E-state index contributed by atoms with van der Waals surface area (Å²) in [4.78, 5) is 25.0. The van der Waals surface area contributed by atoms with Crippen LogP contribution in [-0.4, -0.2) is 37.8 Å². The van der Waals surface area contributed by atoms with Crippen LogP contribution < -0.4 is 25.0 Å². The molecular formula is C27H27BrClN3O5. The minimum absolute atomic E-state index is 0.229. The van der Waals surface area contributed by atoms with E-state index in [2.05, 4.69) is 31.8 Å². The number of carbonyl (C=O) groups is 2. The van der Waals surface area contributed by atoms with Crippen molar-refractivity contribution in [1.82, 2.24) is 5.43 Å². The van der Waals surface area contributed by atoms with E-state index in [1.807, 2.05) is 26.8 Å². The van der Waals surface area contributed by atoms with Gasteiger partial charge in [-0.25, -0.2) is 5.43 Å². The SMILES string of the molecule is CCOc1ccc(C(=O)N/N=C/c2cc(Br)ccc2OCC(=O)Nc2ccc(C)c(Cl)c2)cc1OCC. The van der Waals surface area contributed by atoms with Crippen LogP contribution in [0.4, 0.5) is 5.69 Å². The summed E-state index contributed by atoms with van der Waals surface area (Å²) in [5.74, 6) is 0.691. The van der Waals surface area contributed by atoms with Crippen molar-refractivity contribution >= 4 is 51.2 Å². The van der Waals surface area contributed by atoms with Crippen molar-refractivity contribution in [2.45, 2.75) is 20.8 Å². The fourth-order valence-electron chi connectivity index (χ4n) is 3.18. The van der Waals surface area contributed by atoms with Gasteiger partial charge in [-0.2, -0.15) is 5.10 Å². The average molecular weight is 589 g/mol. The van der Waals surface area contributed by atoms with Crippen LogP contribution in [0.25, 0.3) is 0 Å². The first-order chi connectivity index (χ1) is 17.8. The molecule has 0 atom stereocenters. The fraction of sp³-hybridized carbons (Fsp3) is 0.222. The van der Waals surface area contributed by atoms with E-state index in [9.17, 15) is 9.59 Å². The molecule has 0 saturated carbocycles. The van der Waals surface area contributed by atoms with Crippen LogP contribution in [0.5, 0.6) is 17.2 Å². The average Bonchev–Trinajstić information content (AvgIpc) is 2.87. The van der Waals surface area contributed by atoms with Crippen molar-refractivity contribution in [2.24, 2.45) is 5.10 Å². The zero-order valence-corrected chi connectivity index (χ0v) is 23.0. The number of rotatable bonds is 11. The fourth-order valence-corrected chi connectivity index (χ4v) is 3.74. The quantitative estimate of drug-likeness (QED) is 0.212. The Morgan fingerprint density at radius 3 is 2.41 bits per heavy atom. The van der Waals surface area contributed by atoms with Crippen molar-refractivity contribution in [3.63, 3.8) is 0 Å². The van der Waals surface area contributed by atoms with E-state index < -0.39 is 5.91 Å². The predicted octanol–water partition coefficient (Wildman–Crippen LogP) is 5.99. The number of carbonyl (C=O) groups excluding carboxylic acids is 2. The summed E-state index contributed by atoms with van der Waals surface area (Å²) < 4.78 is 17.6. The number of nitrogens with zero attached hydrogens (tertiary/aromatic N) is 1. The number of aryl methyl sites for hydroxylation is 1. The molecule has 8 nitrogen and oxygen atoms in total. The highest BCUT2D eigenvalue weighted by Gasteiger charge is 2.12. The van der Waals surface area contributed by atoms with Crippen LogP contribution >= 0.6 is 27.5 Å². The summed E-state index contributed by atoms with van der Waals surface area (Å²) in [5.41, 5.74) is 4.91. The highest BCUT2D eigenvalue weighted by atomic mass is 79.9. The maximum Gasteiger partial charge on any atom is 0.271 e. The van der Waals surface area contributed by atoms with Gasteiger partial charge in [0.2, 0.25) is 0 Å². The number of hydrazone groups is 1. The summed E-state index contributed by atoms with van der Waals surface area (Å²) in [5, 5.41) is 7.36. The summed E-state index contributed by atoms with van der Waals surface area (Å²) in [6, 6.07) is 15.4. The molecule has 0 aliphatic rings. The Morgan fingerprint density at radius 1 is 0.946 bits per heavy atom. The molecular weight excluding hydrogens is 562 g/mol. The molecule has 0 bridgehead atoms. The minimum atomic E-state index is -0.422. The Balaban J connectivity index is 1.64. The molecule has 2 amide bonds. The number of halogens is 2. The highest BCUT2D eigenvalue weighted by Crippen LogP contribution is 2.28. The van der Waals surface area contributed by atoms with Gasteiger partial charge in [-0.15, -0.1) is 0 Å². The molecule has 0 spiro atoms. The van der Waals surface area contributed by atoms with E-state index in [0.29, 0.717) is 52.3 Å². The number of hydrogen-bond donors (Lipinski definition) is 2. The number of nitrogens with one attached hydrogen (secondary N) is 2. The van der Waals surface area contributed by atoms with Gasteiger partial charge in [-0.3, -0.25) is 9.59 Å². The molecule has 37 heavy (non-hydrogen) atoms. The van der Waals surface area contributed by atoms with Gasteiger partial charge in [-0.1, -0.05) is 33.6 Å². The number of hydrogen-bond acceptors (Lipinski definition) is 6. The van der Waals surface area contributed by atoms with Crippen LogP contribution in [0.2, 0.25) is 5.02 Å². The van der Waals surface area contributed by atoms with Crippen molar-refractivity contribution in [3.05, 3.63) is 80.8 Å². The van der Waals surface area contributed by atoms with Gasteiger partial charge in [0.15, 0.2) is 18.1 Å². The van der Waals surface area contributed by atoms with Gasteiger partial charge in [0.25, 0.3) is 11.8 Å². The van der Waals surface area contributed by atoms with Gasteiger partial charge in [0.1, 0.15) is 5.75 Å². The van der Waals surface area contributed by atoms with E-state index in [1.54, 1.807) is 48.5 Å². The van der Waals surface area contributed by atoms with Crippen molar-refractivity contribution < 1.29 is 23.8 Å². The lowest BCUT2D eigenvalue weighted by atomic mass is 10.2. The molecule has 194 valence electrons. The van der Waals surface area contributed by atoms with Gasteiger partial charge in [-0.05, 0) is 74.9 Å². The van der Waals surface area contributed by atoms with Gasteiger partial charge in [0, 0.05) is 26.3 Å². The Hall–Kier alpha value is -3.56. The Kier molecular flexibility index (Phi) is 10.3. The lowest BCUT2D eigenvalue weighted by Crippen LogP contribution is -2.20. The second-order valence-corrected chi connectivity index (χ2v) is 9.03. The Bertz CT molecular complexity index is 1300. The lowest BCUT2D eigenvalue weighted by molar-refractivity contribution is -0.118. The number of ether oxygens (including phenoxy) is 3. The third kappa shape index (κ3) is 8.23. The smallest absolute Gasteiger partial charge is 0.271 e. The third-order valence-corrected chi connectivity index (χ3v) is 5.86. The van der Waals surface area contributed by atoms with Crippen molar-refractivity contribution in [3.8, 4) is 17.2 Å². The van der Waals surface area contributed by atoms with Crippen molar-refractivity contribution in [1.29, 1.82) is 0 Å². The Labute approximate surface area is 229 Å². The van der Waals surface area contributed by atoms with Gasteiger partial charge < -0.3 is 19.5 Å². The second-order valence-electron chi connectivity index (χ2n) is 7.71. The van der Waals surface area contributed by atoms with Crippen LogP contribution in [0.15, 0.2) is 64.2 Å². The molecule has 0 aliphatic carbocycles. The topological polar surface area (TPSA) is 98.3 Å². The second kappa shape index (κ2) is 13.7. The number of anilines is 1. The molecule has 0 unspecified atom stereocenters. The third-order valence-electron chi connectivity index (χ3n) is 4.96. The van der Waals surface area contributed by atoms with Gasteiger partial charge >= 0.3 is 0 Å². The highest BCUT2D eigenvalue weighted by molar-refractivity contribution is 9.10. The molecule has 0 saturated heterocycles.